The highest BCUT2D eigenvalue weighted by atomic mass is 35.5. The molecule has 0 aliphatic carbocycles. The highest BCUT2D eigenvalue weighted by Crippen LogP contribution is 2.28. The van der Waals surface area contributed by atoms with Crippen LogP contribution in [-0.2, 0) is 16.6 Å². The Morgan fingerprint density at radius 2 is 2.12 bits per heavy atom. The zero-order chi connectivity index (χ0) is 18.7. The fraction of sp³-hybridized carbons (Fsp3) is 0.412. The summed E-state index contributed by atoms with van der Waals surface area (Å²) < 4.78 is 1.82. The Bertz CT molecular complexity index is 825. The van der Waals surface area contributed by atoms with Gasteiger partial charge in [-0.3, -0.25) is 9.59 Å². The zero-order valence-electron chi connectivity index (χ0n) is 14.4. The molecular formula is C17H20ClN5O2S. The zero-order valence-corrected chi connectivity index (χ0v) is 16.0. The number of primary amides is 1. The molecule has 0 bridgehead atoms. The van der Waals surface area contributed by atoms with Gasteiger partial charge in [-0.2, -0.15) is 0 Å². The lowest BCUT2D eigenvalue weighted by Gasteiger charge is -2.31. The van der Waals surface area contributed by atoms with Gasteiger partial charge in [-0.05, 0) is 25.0 Å². The maximum absolute atomic E-state index is 12.5. The fourth-order valence-electron chi connectivity index (χ4n) is 2.97. The molecule has 7 nitrogen and oxygen atoms in total. The van der Waals surface area contributed by atoms with Gasteiger partial charge < -0.3 is 15.2 Å². The third-order valence-corrected chi connectivity index (χ3v) is 5.79. The molecule has 1 aromatic carbocycles. The molecule has 138 valence electrons. The topological polar surface area (TPSA) is 94.1 Å². The minimum Gasteiger partial charge on any atom is -0.369 e. The Morgan fingerprint density at radius 1 is 1.35 bits per heavy atom. The van der Waals surface area contributed by atoms with Crippen molar-refractivity contribution >= 4 is 35.2 Å². The number of carbonyl (C=O) groups is 2. The van der Waals surface area contributed by atoms with Crippen LogP contribution in [0.15, 0.2) is 29.4 Å². The Balaban J connectivity index is 1.64. The van der Waals surface area contributed by atoms with Crippen LogP contribution in [0.2, 0.25) is 5.02 Å². The van der Waals surface area contributed by atoms with Crippen LogP contribution < -0.4 is 5.73 Å². The minimum absolute atomic E-state index is 0.0248. The lowest BCUT2D eigenvalue weighted by Crippen LogP contribution is -2.44. The normalized spacial score (nSPS) is 17.3. The second kappa shape index (κ2) is 8.09. The van der Waals surface area contributed by atoms with Crippen molar-refractivity contribution in [3.05, 3.63) is 29.3 Å². The average Bonchev–Trinajstić information content (AvgIpc) is 3.00. The molecule has 0 spiro atoms. The molecule has 0 radical (unpaired) electrons. The van der Waals surface area contributed by atoms with E-state index in [-0.39, 0.29) is 23.5 Å². The van der Waals surface area contributed by atoms with Crippen molar-refractivity contribution in [2.24, 2.45) is 18.7 Å². The van der Waals surface area contributed by atoms with Gasteiger partial charge in [0.25, 0.3) is 0 Å². The number of hydrogen-bond donors (Lipinski definition) is 1. The van der Waals surface area contributed by atoms with Gasteiger partial charge in [0.05, 0.1) is 16.7 Å². The molecule has 3 rings (SSSR count). The first-order valence-corrected chi connectivity index (χ1v) is 9.68. The number of aromatic nitrogens is 3. The van der Waals surface area contributed by atoms with Gasteiger partial charge in [0.2, 0.25) is 11.8 Å². The summed E-state index contributed by atoms with van der Waals surface area (Å²) >= 11 is 7.54. The number of hydrogen-bond acceptors (Lipinski definition) is 5. The molecule has 0 saturated carbocycles. The number of benzene rings is 1. The molecule has 2 N–H and O–H groups in total. The van der Waals surface area contributed by atoms with E-state index < -0.39 is 0 Å². The first-order chi connectivity index (χ1) is 12.5. The Hall–Kier alpha value is -2.06. The molecule has 1 saturated heterocycles. The van der Waals surface area contributed by atoms with Gasteiger partial charge in [-0.1, -0.05) is 35.5 Å². The second-order valence-electron chi connectivity index (χ2n) is 6.21. The molecule has 1 aromatic heterocycles. The summed E-state index contributed by atoms with van der Waals surface area (Å²) in [6.07, 6.45) is 1.54. The Morgan fingerprint density at radius 3 is 2.85 bits per heavy atom. The van der Waals surface area contributed by atoms with Gasteiger partial charge in [-0.25, -0.2) is 0 Å². The van der Waals surface area contributed by atoms with Crippen molar-refractivity contribution < 1.29 is 9.59 Å². The summed E-state index contributed by atoms with van der Waals surface area (Å²) in [6.45, 7) is 1.06. The standard InChI is InChI=1S/C17H20ClN5O2S/c1-22-16(12-6-2-3-7-13(12)18)20-21-17(22)26-10-14(24)23-8-4-5-11(9-23)15(19)25/h2-3,6-7,11H,4-5,8-10H2,1H3,(H2,19,25). The van der Waals surface area contributed by atoms with E-state index in [2.05, 4.69) is 10.2 Å². The van der Waals surface area contributed by atoms with E-state index >= 15 is 0 Å². The number of thioether (sulfide) groups is 1. The molecule has 2 aromatic rings. The first kappa shape index (κ1) is 18.7. The van der Waals surface area contributed by atoms with Crippen LogP contribution in [0, 0.1) is 5.92 Å². The third-order valence-electron chi connectivity index (χ3n) is 4.45. The number of carbonyl (C=O) groups excluding carboxylic acids is 2. The van der Waals surface area contributed by atoms with Gasteiger partial charge >= 0.3 is 0 Å². The molecule has 26 heavy (non-hydrogen) atoms. The summed E-state index contributed by atoms with van der Waals surface area (Å²) in [4.78, 5) is 25.5. The molecule has 1 fully saturated rings. The highest BCUT2D eigenvalue weighted by molar-refractivity contribution is 7.99. The monoisotopic (exact) mass is 393 g/mol. The van der Waals surface area contributed by atoms with Crippen LogP contribution in [0.5, 0.6) is 0 Å². The number of likely N-dealkylation sites (tertiary alicyclic amines) is 1. The van der Waals surface area contributed by atoms with Crippen molar-refractivity contribution in [2.75, 3.05) is 18.8 Å². The Kier molecular flexibility index (Phi) is 5.83. The molecule has 1 unspecified atom stereocenters. The van der Waals surface area contributed by atoms with Gasteiger partial charge in [0.15, 0.2) is 11.0 Å². The second-order valence-corrected chi connectivity index (χ2v) is 7.56. The number of piperidine rings is 1. The molecule has 2 amide bonds. The smallest absolute Gasteiger partial charge is 0.233 e. The van der Waals surface area contributed by atoms with Crippen LogP contribution in [0.25, 0.3) is 11.4 Å². The maximum atomic E-state index is 12.5. The first-order valence-electron chi connectivity index (χ1n) is 8.31. The van der Waals surface area contributed by atoms with E-state index in [1.165, 1.54) is 11.8 Å². The van der Waals surface area contributed by atoms with E-state index in [1.54, 1.807) is 11.0 Å². The molecule has 1 aliphatic heterocycles. The number of amides is 2. The average molecular weight is 394 g/mol. The van der Waals surface area contributed by atoms with Crippen molar-refractivity contribution in [3.63, 3.8) is 0 Å². The summed E-state index contributed by atoms with van der Waals surface area (Å²) in [6, 6.07) is 7.42. The maximum Gasteiger partial charge on any atom is 0.233 e. The summed E-state index contributed by atoms with van der Waals surface area (Å²) in [5, 5.41) is 9.59. The predicted molar refractivity (Wildman–Crippen MR) is 101 cm³/mol. The number of halogens is 1. The van der Waals surface area contributed by atoms with Crippen LogP contribution in [0.3, 0.4) is 0 Å². The van der Waals surface area contributed by atoms with Crippen LogP contribution in [0.1, 0.15) is 12.8 Å². The van der Waals surface area contributed by atoms with E-state index in [0.717, 1.165) is 18.4 Å². The SMILES string of the molecule is Cn1c(SCC(=O)N2CCCC(C(N)=O)C2)nnc1-c1ccccc1Cl. The third kappa shape index (κ3) is 4.02. The predicted octanol–water partition coefficient (Wildman–Crippen LogP) is 1.95. The number of nitrogens with zero attached hydrogens (tertiary/aromatic N) is 4. The van der Waals surface area contributed by atoms with Crippen LogP contribution in [0.4, 0.5) is 0 Å². The Labute approximate surface area is 160 Å². The van der Waals surface area contributed by atoms with E-state index in [0.29, 0.717) is 29.1 Å². The largest absolute Gasteiger partial charge is 0.369 e. The van der Waals surface area contributed by atoms with Gasteiger partial charge in [-0.15, -0.1) is 10.2 Å². The van der Waals surface area contributed by atoms with Crippen molar-refractivity contribution in [1.29, 1.82) is 0 Å². The summed E-state index contributed by atoms with van der Waals surface area (Å²) in [5.41, 5.74) is 6.16. The number of nitrogens with two attached hydrogens (primary N) is 1. The minimum atomic E-state index is -0.340. The lowest BCUT2D eigenvalue weighted by molar-refractivity contribution is -0.132. The fourth-order valence-corrected chi connectivity index (χ4v) is 4.01. The van der Waals surface area contributed by atoms with Crippen molar-refractivity contribution in [3.8, 4) is 11.4 Å². The molecule has 1 aliphatic rings. The summed E-state index contributed by atoms with van der Waals surface area (Å²) in [5.74, 6) is 0.271. The number of rotatable bonds is 5. The van der Waals surface area contributed by atoms with Crippen molar-refractivity contribution in [1.82, 2.24) is 19.7 Å². The van der Waals surface area contributed by atoms with Crippen LogP contribution in [-0.4, -0.2) is 50.3 Å². The lowest BCUT2D eigenvalue weighted by atomic mass is 9.97. The molecule has 9 heteroatoms. The molecule has 2 heterocycles. The van der Waals surface area contributed by atoms with Gasteiger partial charge in [0.1, 0.15) is 0 Å². The summed E-state index contributed by atoms with van der Waals surface area (Å²) in [7, 11) is 1.84. The van der Waals surface area contributed by atoms with Gasteiger partial charge in [0, 0.05) is 25.7 Å². The van der Waals surface area contributed by atoms with E-state index in [9.17, 15) is 9.59 Å². The van der Waals surface area contributed by atoms with Crippen molar-refractivity contribution in [2.45, 2.75) is 18.0 Å². The quantitative estimate of drug-likeness (QED) is 0.783. The molecular weight excluding hydrogens is 374 g/mol. The van der Waals surface area contributed by atoms with E-state index in [1.807, 2.05) is 29.8 Å². The highest BCUT2D eigenvalue weighted by Gasteiger charge is 2.27. The molecule has 1 atom stereocenters. The van der Waals surface area contributed by atoms with Crippen LogP contribution >= 0.6 is 23.4 Å². The van der Waals surface area contributed by atoms with E-state index in [4.69, 9.17) is 17.3 Å².